The minimum atomic E-state index is -0.356. The molecule has 3 unspecified atom stereocenters. The maximum atomic E-state index is 13.0. The Morgan fingerprint density at radius 3 is 2.67 bits per heavy atom. The molecule has 0 spiro atoms. The van der Waals surface area contributed by atoms with Gasteiger partial charge in [0.15, 0.2) is 0 Å². The molecular weight excluding hydrogens is 364 g/mol. The van der Waals surface area contributed by atoms with Crippen LogP contribution in [-0.4, -0.2) is 42.9 Å². The molecule has 2 aliphatic heterocycles. The molecule has 2 aliphatic rings. The van der Waals surface area contributed by atoms with Crippen LogP contribution in [0.25, 0.3) is 0 Å². The van der Waals surface area contributed by atoms with E-state index in [9.17, 15) is 9.59 Å². The molecule has 0 aromatic heterocycles. The quantitative estimate of drug-likeness (QED) is 0.852. The van der Waals surface area contributed by atoms with Crippen LogP contribution in [0.1, 0.15) is 0 Å². The molecule has 2 N–H and O–H groups in total. The molecule has 0 aliphatic carbocycles. The van der Waals surface area contributed by atoms with Crippen molar-refractivity contribution in [3.8, 4) is 0 Å². The van der Waals surface area contributed by atoms with Crippen LogP contribution in [0.2, 0.25) is 5.02 Å². The summed E-state index contributed by atoms with van der Waals surface area (Å²) >= 11 is 6.01. The van der Waals surface area contributed by atoms with Crippen LogP contribution < -0.4 is 15.8 Å². The van der Waals surface area contributed by atoms with E-state index in [0.29, 0.717) is 23.8 Å². The number of hydrogen-bond acceptors (Lipinski definition) is 4. The molecule has 3 atom stereocenters. The third kappa shape index (κ3) is 3.56. The molecule has 2 fully saturated rings. The van der Waals surface area contributed by atoms with Crippen LogP contribution in [0, 0.1) is 11.8 Å². The average molecular weight is 385 g/mol. The van der Waals surface area contributed by atoms with E-state index in [1.54, 1.807) is 29.3 Å². The van der Waals surface area contributed by atoms with Gasteiger partial charge < -0.3 is 10.2 Å². The lowest BCUT2D eigenvalue weighted by atomic mass is 9.84. The summed E-state index contributed by atoms with van der Waals surface area (Å²) in [6.45, 7) is 1.21. The fraction of sp³-hybridized carbons (Fsp3) is 0.300. The smallest absolute Gasteiger partial charge is 0.247 e. The Bertz CT molecular complexity index is 860. The third-order valence-electron chi connectivity index (χ3n) is 5.14. The molecule has 27 heavy (non-hydrogen) atoms. The number of hydrogen-bond donors (Lipinski definition) is 2. The van der Waals surface area contributed by atoms with Gasteiger partial charge in [-0.2, -0.15) is 0 Å². The maximum absolute atomic E-state index is 13.0. The molecule has 0 radical (unpaired) electrons. The molecule has 7 heteroatoms. The summed E-state index contributed by atoms with van der Waals surface area (Å²) in [5.74, 6) is -0.739. The van der Waals surface area contributed by atoms with Gasteiger partial charge in [0.2, 0.25) is 11.8 Å². The highest BCUT2D eigenvalue weighted by molar-refractivity contribution is 6.30. The number of rotatable bonds is 3. The predicted molar refractivity (Wildman–Crippen MR) is 105 cm³/mol. The van der Waals surface area contributed by atoms with Crippen molar-refractivity contribution in [1.29, 1.82) is 0 Å². The van der Waals surface area contributed by atoms with Crippen molar-refractivity contribution < 1.29 is 9.59 Å². The fourth-order valence-corrected chi connectivity index (χ4v) is 4.06. The number of para-hydroxylation sites is 1. The second-order valence-corrected chi connectivity index (χ2v) is 7.53. The number of nitrogens with zero attached hydrogens (tertiary/aromatic N) is 2. The second-order valence-electron chi connectivity index (χ2n) is 7.10. The molecule has 4 rings (SSSR count). The normalized spacial score (nSPS) is 25.3. The van der Waals surface area contributed by atoms with Crippen molar-refractivity contribution in [2.45, 2.75) is 6.04 Å². The Labute approximate surface area is 163 Å². The van der Waals surface area contributed by atoms with Gasteiger partial charge in [0.25, 0.3) is 0 Å². The molecule has 2 aromatic carbocycles. The van der Waals surface area contributed by atoms with Gasteiger partial charge in [0, 0.05) is 23.8 Å². The van der Waals surface area contributed by atoms with Crippen molar-refractivity contribution in [3.05, 3.63) is 59.6 Å². The first-order valence-electron chi connectivity index (χ1n) is 8.93. The molecule has 2 heterocycles. The summed E-state index contributed by atoms with van der Waals surface area (Å²) in [7, 11) is 1.94. The number of amides is 2. The topological polar surface area (TPSA) is 64.7 Å². The van der Waals surface area contributed by atoms with Gasteiger partial charge in [-0.25, -0.2) is 10.4 Å². The molecular formula is C20H21ClN4O2. The third-order valence-corrected chi connectivity index (χ3v) is 5.38. The highest BCUT2D eigenvalue weighted by atomic mass is 35.5. The second kappa shape index (κ2) is 7.31. The van der Waals surface area contributed by atoms with Gasteiger partial charge >= 0.3 is 0 Å². The van der Waals surface area contributed by atoms with Crippen LogP contribution in [0.3, 0.4) is 0 Å². The molecule has 140 valence electrons. The minimum absolute atomic E-state index is 0.00157. The molecule has 6 nitrogen and oxygen atoms in total. The summed E-state index contributed by atoms with van der Waals surface area (Å²) in [5, 5.41) is 5.08. The Hall–Kier alpha value is -2.41. The summed E-state index contributed by atoms with van der Waals surface area (Å²) < 4.78 is 0. The lowest BCUT2D eigenvalue weighted by molar-refractivity contribution is -0.125. The van der Waals surface area contributed by atoms with Crippen LogP contribution in [-0.2, 0) is 9.59 Å². The van der Waals surface area contributed by atoms with Crippen molar-refractivity contribution in [3.63, 3.8) is 0 Å². The molecule has 0 saturated carbocycles. The van der Waals surface area contributed by atoms with Crippen molar-refractivity contribution in [2.75, 3.05) is 30.5 Å². The standard InChI is InChI=1S/C20H21ClN4O2/c1-24-11-16(19(26)22-14-7-5-6-13(21)10-14)18-17(12-24)20(27)25(23-18)15-8-3-2-4-9-15/h2-10,16-18,23H,11-12H2,1H3,(H,22,26). The zero-order chi connectivity index (χ0) is 19.0. The maximum Gasteiger partial charge on any atom is 0.247 e. The number of fused-ring (bicyclic) bond motifs is 1. The zero-order valence-corrected chi connectivity index (χ0v) is 15.7. The van der Waals surface area contributed by atoms with Crippen LogP contribution in [0.4, 0.5) is 11.4 Å². The minimum Gasteiger partial charge on any atom is -0.326 e. The first-order chi connectivity index (χ1) is 13.0. The van der Waals surface area contributed by atoms with E-state index in [1.807, 2.05) is 42.3 Å². The van der Waals surface area contributed by atoms with Crippen molar-refractivity contribution in [1.82, 2.24) is 10.3 Å². The van der Waals surface area contributed by atoms with Gasteiger partial charge in [-0.05, 0) is 37.4 Å². The molecule has 2 aromatic rings. The largest absolute Gasteiger partial charge is 0.326 e. The first-order valence-corrected chi connectivity index (χ1v) is 9.31. The SMILES string of the molecule is CN1CC(C(=O)Nc2cccc(Cl)c2)C2NN(c3ccccc3)C(=O)C2C1. The summed E-state index contributed by atoms with van der Waals surface area (Å²) in [4.78, 5) is 27.9. The number of benzene rings is 2. The van der Waals surface area contributed by atoms with E-state index >= 15 is 0 Å². The van der Waals surface area contributed by atoms with Gasteiger partial charge in [-0.3, -0.25) is 9.59 Å². The van der Waals surface area contributed by atoms with Gasteiger partial charge in [0.1, 0.15) is 0 Å². The Morgan fingerprint density at radius 1 is 1.15 bits per heavy atom. The van der Waals surface area contributed by atoms with Crippen LogP contribution >= 0.6 is 11.6 Å². The van der Waals surface area contributed by atoms with Gasteiger partial charge in [0.05, 0.1) is 23.6 Å². The van der Waals surface area contributed by atoms with E-state index in [0.717, 1.165) is 5.69 Å². The number of likely N-dealkylation sites (tertiary alicyclic amines) is 1. The van der Waals surface area contributed by atoms with Gasteiger partial charge in [-0.15, -0.1) is 0 Å². The molecule has 0 bridgehead atoms. The highest BCUT2D eigenvalue weighted by Gasteiger charge is 2.50. The predicted octanol–water partition coefficient (Wildman–Crippen LogP) is 2.38. The van der Waals surface area contributed by atoms with E-state index in [2.05, 4.69) is 10.7 Å². The summed E-state index contributed by atoms with van der Waals surface area (Å²) in [5.41, 5.74) is 4.72. The Balaban J connectivity index is 1.56. The summed E-state index contributed by atoms with van der Waals surface area (Å²) in [6.07, 6.45) is 0. The number of piperidine rings is 1. The molecule has 2 amide bonds. The van der Waals surface area contributed by atoms with E-state index < -0.39 is 0 Å². The van der Waals surface area contributed by atoms with Gasteiger partial charge in [-0.1, -0.05) is 35.9 Å². The van der Waals surface area contributed by atoms with Crippen molar-refractivity contribution in [2.24, 2.45) is 11.8 Å². The Kier molecular flexibility index (Phi) is 4.86. The van der Waals surface area contributed by atoms with E-state index in [-0.39, 0.29) is 29.7 Å². The molecule has 2 saturated heterocycles. The fourth-order valence-electron chi connectivity index (χ4n) is 3.87. The lowest BCUT2D eigenvalue weighted by Crippen LogP contribution is -2.55. The average Bonchev–Trinajstić information content (AvgIpc) is 2.98. The number of carbonyl (C=O) groups is 2. The number of hydrazine groups is 1. The van der Waals surface area contributed by atoms with Crippen LogP contribution in [0.15, 0.2) is 54.6 Å². The zero-order valence-electron chi connectivity index (χ0n) is 14.9. The van der Waals surface area contributed by atoms with E-state index in [1.165, 1.54) is 0 Å². The lowest BCUT2D eigenvalue weighted by Gasteiger charge is -2.36. The highest BCUT2D eigenvalue weighted by Crippen LogP contribution is 2.32. The Morgan fingerprint density at radius 2 is 1.93 bits per heavy atom. The summed E-state index contributed by atoms with van der Waals surface area (Å²) in [6, 6.07) is 16.3. The van der Waals surface area contributed by atoms with Crippen molar-refractivity contribution >= 4 is 34.8 Å². The number of anilines is 2. The van der Waals surface area contributed by atoms with Crippen LogP contribution in [0.5, 0.6) is 0 Å². The first kappa shape index (κ1) is 18.0. The number of nitrogens with one attached hydrogen (secondary N) is 2. The monoisotopic (exact) mass is 384 g/mol. The van der Waals surface area contributed by atoms with E-state index in [4.69, 9.17) is 11.6 Å². The number of halogens is 1. The number of carbonyl (C=O) groups excluding carboxylic acids is 2.